The fourth-order valence-electron chi connectivity index (χ4n) is 0.900. The number of hydrogen-bond donors (Lipinski definition) is 1. The monoisotopic (exact) mass is 192 g/mol. The van der Waals surface area contributed by atoms with E-state index in [4.69, 9.17) is 5.11 Å². The maximum Gasteiger partial charge on any atom is 0.226 e. The van der Waals surface area contributed by atoms with Crippen LogP contribution in [0, 0.1) is 13.8 Å². The second-order valence-corrected chi connectivity index (χ2v) is 3.11. The molecule has 0 amide bonds. The predicted molar refractivity (Wildman–Crippen MR) is 52.2 cm³/mol. The minimum Gasteiger partial charge on any atom is -0.512 e. The number of aryl methyl sites for hydroxylation is 2. The van der Waals surface area contributed by atoms with Gasteiger partial charge in [-0.15, -0.1) is 0 Å². The minimum absolute atomic E-state index is 0.0446. The quantitative estimate of drug-likeness (QED) is 0.440. The fraction of sp³-hybridized carbons (Fsp3) is 0.300. The lowest BCUT2D eigenvalue weighted by atomic mass is 10.2. The lowest BCUT2D eigenvalue weighted by Gasteiger charge is -1.99. The molecule has 0 aromatic carbocycles. The van der Waals surface area contributed by atoms with Crippen molar-refractivity contribution in [2.45, 2.75) is 20.8 Å². The van der Waals surface area contributed by atoms with Gasteiger partial charge in [0.1, 0.15) is 0 Å². The summed E-state index contributed by atoms with van der Waals surface area (Å²) >= 11 is 0. The highest BCUT2D eigenvalue weighted by molar-refractivity contribution is 6.01. The normalized spacial score (nSPS) is 11.5. The van der Waals surface area contributed by atoms with E-state index in [0.29, 0.717) is 0 Å². The average Bonchev–Trinajstić information content (AvgIpc) is 2.08. The third-order valence-corrected chi connectivity index (χ3v) is 1.79. The molecule has 0 saturated carbocycles. The van der Waals surface area contributed by atoms with Crippen LogP contribution in [-0.2, 0) is 0 Å². The number of carbonyl (C=O) groups excluding carboxylic acids is 1. The first-order chi connectivity index (χ1) is 6.50. The molecule has 1 N–H and O–H groups in total. The van der Waals surface area contributed by atoms with Crippen LogP contribution in [0.4, 0.5) is 0 Å². The molecule has 0 fully saturated rings. The Labute approximate surface area is 82.3 Å². The summed E-state index contributed by atoms with van der Waals surface area (Å²) in [5.74, 6) is -0.313. The van der Waals surface area contributed by atoms with Gasteiger partial charge in [-0.05, 0) is 26.3 Å². The summed E-state index contributed by atoms with van der Waals surface area (Å²) < 4.78 is 0. The number of allylic oxidation sites excluding steroid dienone is 2. The van der Waals surface area contributed by atoms with Crippen LogP contribution >= 0.6 is 0 Å². The summed E-state index contributed by atoms with van der Waals surface area (Å²) in [5, 5.41) is 8.89. The van der Waals surface area contributed by atoms with Crippen molar-refractivity contribution in [1.29, 1.82) is 0 Å². The van der Waals surface area contributed by atoms with Crippen LogP contribution in [-0.4, -0.2) is 20.9 Å². The molecule has 0 unspecified atom stereocenters. The van der Waals surface area contributed by atoms with Gasteiger partial charge in [0.15, 0.2) is 0 Å². The van der Waals surface area contributed by atoms with E-state index >= 15 is 0 Å². The topological polar surface area (TPSA) is 63.1 Å². The number of aromatic nitrogens is 2. The van der Waals surface area contributed by atoms with E-state index < -0.39 is 0 Å². The third-order valence-electron chi connectivity index (χ3n) is 1.79. The zero-order chi connectivity index (χ0) is 10.7. The number of hydrogen-bond acceptors (Lipinski definition) is 4. The molecule has 1 rings (SSSR count). The number of aliphatic hydroxyl groups excluding tert-OH is 1. The van der Waals surface area contributed by atoms with Crippen LogP contribution in [0.3, 0.4) is 0 Å². The van der Waals surface area contributed by atoms with Crippen LogP contribution in [0.5, 0.6) is 0 Å². The Bertz CT molecular complexity index is 393. The number of carbonyl (C=O) groups is 1. The van der Waals surface area contributed by atoms with E-state index in [1.165, 1.54) is 6.92 Å². The van der Waals surface area contributed by atoms with E-state index in [-0.39, 0.29) is 17.4 Å². The van der Waals surface area contributed by atoms with Crippen LogP contribution in [0.25, 0.3) is 0 Å². The smallest absolute Gasteiger partial charge is 0.226 e. The first kappa shape index (κ1) is 10.4. The zero-order valence-corrected chi connectivity index (χ0v) is 8.40. The molecule has 1 heterocycles. The van der Waals surface area contributed by atoms with Crippen molar-refractivity contribution in [3.8, 4) is 0 Å². The maximum absolute atomic E-state index is 11.4. The van der Waals surface area contributed by atoms with Crippen molar-refractivity contribution in [3.05, 3.63) is 35.1 Å². The molecule has 1 aromatic rings. The van der Waals surface area contributed by atoms with Crippen molar-refractivity contribution in [2.75, 3.05) is 0 Å². The molecular weight excluding hydrogens is 180 g/mol. The van der Waals surface area contributed by atoms with Crippen LogP contribution < -0.4 is 0 Å². The first-order valence-corrected chi connectivity index (χ1v) is 4.22. The van der Waals surface area contributed by atoms with Crippen molar-refractivity contribution in [3.63, 3.8) is 0 Å². The summed E-state index contributed by atoms with van der Waals surface area (Å²) in [4.78, 5) is 19.2. The fourth-order valence-corrected chi connectivity index (χ4v) is 0.900. The van der Waals surface area contributed by atoms with Gasteiger partial charge in [0.2, 0.25) is 11.6 Å². The Balaban J connectivity index is 3.03. The highest BCUT2D eigenvalue weighted by atomic mass is 16.3. The molecule has 0 spiro atoms. The molecule has 1 aromatic heterocycles. The zero-order valence-electron chi connectivity index (χ0n) is 8.40. The molecule has 0 atom stereocenters. The second-order valence-electron chi connectivity index (χ2n) is 3.11. The van der Waals surface area contributed by atoms with E-state index in [0.717, 1.165) is 17.3 Å². The van der Waals surface area contributed by atoms with Crippen molar-refractivity contribution >= 4 is 5.78 Å². The van der Waals surface area contributed by atoms with Gasteiger partial charge in [0.25, 0.3) is 0 Å². The van der Waals surface area contributed by atoms with E-state index in [1.807, 2.05) is 13.8 Å². The summed E-state index contributed by atoms with van der Waals surface area (Å²) in [6, 6.07) is 0. The lowest BCUT2D eigenvalue weighted by molar-refractivity contribution is 0.103. The molecule has 0 aliphatic heterocycles. The van der Waals surface area contributed by atoms with Gasteiger partial charge >= 0.3 is 0 Å². The van der Waals surface area contributed by atoms with E-state index in [1.54, 1.807) is 6.20 Å². The van der Waals surface area contributed by atoms with Gasteiger partial charge in [-0.3, -0.25) is 4.79 Å². The van der Waals surface area contributed by atoms with Crippen LogP contribution in [0.2, 0.25) is 0 Å². The summed E-state index contributed by atoms with van der Waals surface area (Å²) in [5.41, 5.74) is 1.71. The Kier molecular flexibility index (Phi) is 2.96. The van der Waals surface area contributed by atoms with Crippen LogP contribution in [0.15, 0.2) is 18.0 Å². The predicted octanol–water partition coefficient (Wildman–Crippen LogP) is 1.74. The molecule has 4 nitrogen and oxygen atoms in total. The molecular formula is C10H12N2O2. The van der Waals surface area contributed by atoms with Crippen molar-refractivity contribution in [1.82, 2.24) is 9.97 Å². The van der Waals surface area contributed by atoms with Gasteiger partial charge < -0.3 is 5.11 Å². The Morgan fingerprint density at radius 3 is 2.64 bits per heavy atom. The largest absolute Gasteiger partial charge is 0.512 e. The summed E-state index contributed by atoms with van der Waals surface area (Å²) in [6.45, 7) is 5.11. The lowest BCUT2D eigenvalue weighted by Crippen LogP contribution is -2.05. The summed E-state index contributed by atoms with van der Waals surface area (Å²) in [7, 11) is 0. The average molecular weight is 192 g/mol. The Morgan fingerprint density at radius 2 is 2.14 bits per heavy atom. The molecule has 4 heteroatoms. The maximum atomic E-state index is 11.4. The molecule has 0 radical (unpaired) electrons. The van der Waals surface area contributed by atoms with Gasteiger partial charge in [-0.1, -0.05) is 0 Å². The highest BCUT2D eigenvalue weighted by Crippen LogP contribution is 2.03. The van der Waals surface area contributed by atoms with Crippen molar-refractivity contribution < 1.29 is 9.90 Å². The SMILES string of the molecule is CC(O)=CC(=O)c1ncc(C)c(C)n1. The Hall–Kier alpha value is -1.71. The van der Waals surface area contributed by atoms with E-state index in [9.17, 15) is 4.79 Å². The molecule has 0 bridgehead atoms. The Morgan fingerprint density at radius 1 is 1.50 bits per heavy atom. The molecule has 74 valence electrons. The van der Waals surface area contributed by atoms with Gasteiger partial charge in [-0.25, -0.2) is 9.97 Å². The standard InChI is InChI=1S/C10H12N2O2/c1-6-5-11-10(12-8(6)3)9(14)4-7(2)13/h4-5,13H,1-3H3. The molecule has 0 saturated heterocycles. The van der Waals surface area contributed by atoms with Gasteiger partial charge in [0.05, 0.1) is 5.76 Å². The van der Waals surface area contributed by atoms with Gasteiger partial charge in [0, 0.05) is 18.0 Å². The minimum atomic E-state index is -0.381. The molecule has 14 heavy (non-hydrogen) atoms. The summed E-state index contributed by atoms with van der Waals surface area (Å²) in [6.07, 6.45) is 2.69. The number of ketones is 1. The van der Waals surface area contributed by atoms with Gasteiger partial charge in [-0.2, -0.15) is 0 Å². The van der Waals surface area contributed by atoms with Crippen LogP contribution in [0.1, 0.15) is 28.8 Å². The number of aliphatic hydroxyl groups is 1. The third kappa shape index (κ3) is 2.39. The number of nitrogens with zero attached hydrogens (tertiary/aromatic N) is 2. The molecule has 0 aliphatic rings. The molecule has 0 aliphatic carbocycles. The highest BCUT2D eigenvalue weighted by Gasteiger charge is 2.07. The van der Waals surface area contributed by atoms with Crippen molar-refractivity contribution in [2.24, 2.45) is 0 Å². The first-order valence-electron chi connectivity index (χ1n) is 4.22. The number of rotatable bonds is 2. The van der Waals surface area contributed by atoms with E-state index in [2.05, 4.69) is 9.97 Å². The second kappa shape index (κ2) is 4.00.